The molecule has 0 spiro atoms. The zero-order valence-corrected chi connectivity index (χ0v) is 13.5. The SMILES string of the molecule is CC(C)Oc1cccc2cnc(NC3CCN(C)CC3)nc12. The molecule has 5 nitrogen and oxygen atoms in total. The van der Waals surface area contributed by atoms with Crippen LogP contribution in [0.15, 0.2) is 24.4 Å². The molecule has 0 radical (unpaired) electrons. The number of fused-ring (bicyclic) bond motifs is 1. The normalized spacial score (nSPS) is 17.1. The van der Waals surface area contributed by atoms with E-state index in [0.717, 1.165) is 42.6 Å². The van der Waals surface area contributed by atoms with Crippen molar-refractivity contribution in [3.05, 3.63) is 24.4 Å². The molecule has 2 aromatic rings. The second-order valence-electron chi connectivity index (χ2n) is 6.28. The number of para-hydroxylation sites is 1. The van der Waals surface area contributed by atoms with E-state index in [4.69, 9.17) is 4.74 Å². The Bertz CT molecular complexity index is 636. The second-order valence-corrected chi connectivity index (χ2v) is 6.28. The summed E-state index contributed by atoms with van der Waals surface area (Å²) in [5.41, 5.74) is 0.877. The van der Waals surface area contributed by atoms with Gasteiger partial charge in [-0.3, -0.25) is 0 Å². The van der Waals surface area contributed by atoms with Crippen LogP contribution >= 0.6 is 0 Å². The maximum absolute atomic E-state index is 5.86. The zero-order valence-electron chi connectivity index (χ0n) is 13.5. The number of aromatic nitrogens is 2. The number of anilines is 1. The van der Waals surface area contributed by atoms with E-state index in [9.17, 15) is 0 Å². The van der Waals surface area contributed by atoms with Gasteiger partial charge in [-0.25, -0.2) is 9.97 Å². The number of nitrogens with one attached hydrogen (secondary N) is 1. The molecule has 1 N–H and O–H groups in total. The monoisotopic (exact) mass is 300 g/mol. The van der Waals surface area contributed by atoms with Gasteiger partial charge in [-0.2, -0.15) is 0 Å². The molecule has 0 bridgehead atoms. The van der Waals surface area contributed by atoms with E-state index < -0.39 is 0 Å². The Kier molecular flexibility index (Phi) is 4.43. The van der Waals surface area contributed by atoms with Gasteiger partial charge in [0, 0.05) is 17.6 Å². The van der Waals surface area contributed by atoms with Crippen molar-refractivity contribution in [1.29, 1.82) is 0 Å². The van der Waals surface area contributed by atoms with Crippen LogP contribution in [0.4, 0.5) is 5.95 Å². The lowest BCUT2D eigenvalue weighted by molar-refractivity contribution is 0.245. The van der Waals surface area contributed by atoms with Crippen LogP contribution in [-0.4, -0.2) is 47.2 Å². The number of hydrogen-bond donors (Lipinski definition) is 1. The molecule has 0 amide bonds. The van der Waals surface area contributed by atoms with Crippen LogP contribution in [-0.2, 0) is 0 Å². The first-order valence-corrected chi connectivity index (χ1v) is 7.99. The van der Waals surface area contributed by atoms with Gasteiger partial charge in [0.15, 0.2) is 0 Å². The molecule has 1 aromatic carbocycles. The number of likely N-dealkylation sites (tertiary alicyclic amines) is 1. The van der Waals surface area contributed by atoms with Crippen molar-refractivity contribution in [3.8, 4) is 5.75 Å². The summed E-state index contributed by atoms with van der Waals surface area (Å²) in [6.07, 6.45) is 4.25. The van der Waals surface area contributed by atoms with E-state index >= 15 is 0 Å². The quantitative estimate of drug-likeness (QED) is 0.941. The molecule has 22 heavy (non-hydrogen) atoms. The maximum atomic E-state index is 5.86. The minimum absolute atomic E-state index is 0.130. The Balaban J connectivity index is 1.82. The highest BCUT2D eigenvalue weighted by Crippen LogP contribution is 2.25. The Morgan fingerprint density at radius 1 is 1.27 bits per heavy atom. The van der Waals surface area contributed by atoms with E-state index in [1.54, 1.807) is 0 Å². The van der Waals surface area contributed by atoms with Gasteiger partial charge in [-0.1, -0.05) is 12.1 Å². The number of piperidine rings is 1. The molecule has 118 valence electrons. The second kappa shape index (κ2) is 6.48. The van der Waals surface area contributed by atoms with Crippen molar-refractivity contribution in [2.45, 2.75) is 38.8 Å². The van der Waals surface area contributed by atoms with Crippen molar-refractivity contribution >= 4 is 16.9 Å². The van der Waals surface area contributed by atoms with Crippen LogP contribution in [0.5, 0.6) is 5.75 Å². The Morgan fingerprint density at radius 3 is 2.77 bits per heavy atom. The molecule has 1 saturated heterocycles. The van der Waals surface area contributed by atoms with Gasteiger partial charge in [-0.05, 0) is 52.9 Å². The topological polar surface area (TPSA) is 50.3 Å². The molecule has 2 heterocycles. The Hall–Kier alpha value is -1.88. The average Bonchev–Trinajstić information content (AvgIpc) is 2.50. The smallest absolute Gasteiger partial charge is 0.223 e. The number of nitrogens with zero attached hydrogens (tertiary/aromatic N) is 3. The van der Waals surface area contributed by atoms with Crippen LogP contribution in [0.1, 0.15) is 26.7 Å². The summed E-state index contributed by atoms with van der Waals surface area (Å²) in [5.74, 6) is 1.52. The van der Waals surface area contributed by atoms with Gasteiger partial charge < -0.3 is 15.0 Å². The first kappa shape index (κ1) is 15.0. The van der Waals surface area contributed by atoms with Crippen molar-refractivity contribution in [3.63, 3.8) is 0 Å². The highest BCUT2D eigenvalue weighted by molar-refractivity contribution is 5.84. The lowest BCUT2D eigenvalue weighted by Crippen LogP contribution is -2.37. The van der Waals surface area contributed by atoms with Crippen molar-refractivity contribution in [2.24, 2.45) is 0 Å². The predicted molar refractivity (Wildman–Crippen MR) is 89.4 cm³/mol. The van der Waals surface area contributed by atoms with E-state index in [0.29, 0.717) is 12.0 Å². The van der Waals surface area contributed by atoms with E-state index in [1.165, 1.54) is 0 Å². The van der Waals surface area contributed by atoms with Gasteiger partial charge in [0.05, 0.1) is 6.10 Å². The van der Waals surface area contributed by atoms with Crippen LogP contribution < -0.4 is 10.1 Å². The van der Waals surface area contributed by atoms with Crippen LogP contribution in [0.25, 0.3) is 10.9 Å². The van der Waals surface area contributed by atoms with Crippen LogP contribution in [0.3, 0.4) is 0 Å². The molecule has 1 aliphatic heterocycles. The average molecular weight is 300 g/mol. The number of ether oxygens (including phenoxy) is 1. The standard InChI is InChI=1S/C17H24N4O/c1-12(2)22-15-6-4-5-13-11-18-17(20-16(13)15)19-14-7-9-21(3)10-8-14/h4-6,11-12,14H,7-10H2,1-3H3,(H,18,19,20). The fourth-order valence-electron chi connectivity index (χ4n) is 2.78. The van der Waals surface area contributed by atoms with Gasteiger partial charge in [-0.15, -0.1) is 0 Å². The van der Waals surface area contributed by atoms with Gasteiger partial charge in [0.1, 0.15) is 11.3 Å². The van der Waals surface area contributed by atoms with E-state index in [2.05, 4.69) is 27.2 Å². The number of benzene rings is 1. The van der Waals surface area contributed by atoms with Crippen LogP contribution in [0, 0.1) is 0 Å². The highest BCUT2D eigenvalue weighted by Gasteiger charge is 2.17. The maximum Gasteiger partial charge on any atom is 0.223 e. The summed E-state index contributed by atoms with van der Waals surface area (Å²) in [5, 5.41) is 4.48. The summed E-state index contributed by atoms with van der Waals surface area (Å²) in [7, 11) is 2.16. The summed E-state index contributed by atoms with van der Waals surface area (Å²) < 4.78 is 5.86. The molecule has 1 fully saturated rings. The summed E-state index contributed by atoms with van der Waals surface area (Å²) >= 11 is 0. The third-order valence-corrected chi connectivity index (χ3v) is 3.99. The van der Waals surface area contributed by atoms with Gasteiger partial charge in [0.2, 0.25) is 5.95 Å². The number of hydrogen-bond acceptors (Lipinski definition) is 5. The lowest BCUT2D eigenvalue weighted by atomic mass is 10.1. The highest BCUT2D eigenvalue weighted by atomic mass is 16.5. The largest absolute Gasteiger partial charge is 0.489 e. The fraction of sp³-hybridized carbons (Fsp3) is 0.529. The third kappa shape index (κ3) is 3.47. The Morgan fingerprint density at radius 2 is 2.05 bits per heavy atom. The summed E-state index contributed by atoms with van der Waals surface area (Å²) in [4.78, 5) is 11.5. The molecule has 5 heteroatoms. The zero-order chi connectivity index (χ0) is 15.5. The van der Waals surface area contributed by atoms with Gasteiger partial charge >= 0.3 is 0 Å². The van der Waals surface area contributed by atoms with Crippen LogP contribution in [0.2, 0.25) is 0 Å². The Labute approximate surface area is 131 Å². The molecule has 0 unspecified atom stereocenters. The lowest BCUT2D eigenvalue weighted by Gasteiger charge is -2.29. The first-order chi connectivity index (χ1) is 10.6. The predicted octanol–water partition coefficient (Wildman–Crippen LogP) is 2.92. The molecular formula is C17H24N4O. The molecular weight excluding hydrogens is 276 g/mol. The minimum Gasteiger partial charge on any atom is -0.489 e. The van der Waals surface area contributed by atoms with E-state index in [-0.39, 0.29) is 6.10 Å². The van der Waals surface area contributed by atoms with Crippen molar-refractivity contribution in [2.75, 3.05) is 25.5 Å². The fourth-order valence-corrected chi connectivity index (χ4v) is 2.78. The minimum atomic E-state index is 0.130. The first-order valence-electron chi connectivity index (χ1n) is 7.99. The molecule has 0 aliphatic carbocycles. The molecule has 0 atom stereocenters. The summed E-state index contributed by atoms with van der Waals surface area (Å²) in [6.45, 7) is 6.29. The van der Waals surface area contributed by atoms with E-state index in [1.807, 2.05) is 38.2 Å². The molecule has 3 rings (SSSR count). The molecule has 1 aliphatic rings. The number of rotatable bonds is 4. The van der Waals surface area contributed by atoms with Crippen molar-refractivity contribution in [1.82, 2.24) is 14.9 Å². The van der Waals surface area contributed by atoms with Gasteiger partial charge in [0.25, 0.3) is 0 Å². The third-order valence-electron chi connectivity index (χ3n) is 3.99. The molecule has 0 saturated carbocycles. The van der Waals surface area contributed by atoms with Crippen molar-refractivity contribution < 1.29 is 4.74 Å². The summed E-state index contributed by atoms with van der Waals surface area (Å²) in [6, 6.07) is 6.41. The molecule has 1 aromatic heterocycles.